The second-order valence-corrected chi connectivity index (χ2v) is 13.0. The van der Waals surface area contributed by atoms with Crippen LogP contribution in [0.3, 0.4) is 0 Å². The third kappa shape index (κ3) is 3.12. The molecule has 0 saturated carbocycles. The lowest BCUT2D eigenvalue weighted by Gasteiger charge is -2.42. The van der Waals surface area contributed by atoms with E-state index in [9.17, 15) is 0 Å². The Morgan fingerprint density at radius 1 is 0.600 bits per heavy atom. The molecule has 1 N–H and O–H groups in total. The average Bonchev–Trinajstić information content (AvgIpc) is 3.10. The lowest BCUT2D eigenvalue weighted by atomic mass is 9.63. The van der Waals surface area contributed by atoms with Gasteiger partial charge in [0.25, 0.3) is 0 Å². The fourth-order valence-corrected chi connectivity index (χ4v) is 6.55. The van der Waals surface area contributed by atoms with E-state index in [4.69, 9.17) is 0 Å². The van der Waals surface area contributed by atoms with E-state index in [0.717, 1.165) is 4.47 Å². The van der Waals surface area contributed by atoms with Crippen molar-refractivity contribution in [1.29, 1.82) is 0 Å². The van der Waals surface area contributed by atoms with E-state index in [0.29, 0.717) is 0 Å². The fourth-order valence-electron chi connectivity index (χ4n) is 5.99. The van der Waals surface area contributed by atoms with Crippen molar-refractivity contribution in [3.8, 4) is 11.1 Å². The molecule has 2 heteroatoms. The predicted molar refractivity (Wildman–Crippen MR) is 152 cm³/mol. The third-order valence-electron chi connectivity index (χ3n) is 7.86. The maximum absolute atomic E-state index is 3.97. The van der Waals surface area contributed by atoms with Crippen LogP contribution in [0.4, 0.5) is 11.4 Å². The van der Waals surface area contributed by atoms with Gasteiger partial charge in [0.05, 0.1) is 11.1 Å². The summed E-state index contributed by atoms with van der Waals surface area (Å²) in [5.74, 6) is 0. The van der Waals surface area contributed by atoms with E-state index < -0.39 is 0 Å². The predicted octanol–water partition coefficient (Wildman–Crippen LogP) is 9.46. The molecule has 1 nitrogen and oxygen atoms in total. The molecule has 2 aliphatic rings. The number of halogens is 1. The molecule has 0 bridgehead atoms. The van der Waals surface area contributed by atoms with Gasteiger partial charge in [-0.2, -0.15) is 0 Å². The van der Waals surface area contributed by atoms with Crippen molar-refractivity contribution < 1.29 is 0 Å². The number of benzene rings is 4. The molecule has 0 amide bonds. The Hall–Kier alpha value is -2.84. The SMILES string of the molecule is CC(C)(C)c1ccc2c(c1)C1(c3ccccc3-c3ccccc31)c1cc(C(C)(C)C)cc(Br)c1N2. The highest BCUT2D eigenvalue weighted by molar-refractivity contribution is 9.10. The minimum absolute atomic E-state index is 0.0317. The Bertz CT molecular complexity index is 1450. The van der Waals surface area contributed by atoms with Crippen molar-refractivity contribution in [2.45, 2.75) is 57.8 Å². The number of nitrogens with one attached hydrogen (secondary N) is 1. The van der Waals surface area contributed by atoms with Gasteiger partial charge in [-0.15, -0.1) is 0 Å². The van der Waals surface area contributed by atoms with Gasteiger partial charge in [-0.25, -0.2) is 0 Å². The second kappa shape index (κ2) is 7.34. The van der Waals surface area contributed by atoms with Gasteiger partial charge >= 0.3 is 0 Å². The van der Waals surface area contributed by atoms with Gasteiger partial charge in [-0.05, 0) is 83.4 Å². The Kier molecular flexibility index (Phi) is 4.74. The van der Waals surface area contributed by atoms with Crippen LogP contribution in [-0.4, -0.2) is 0 Å². The van der Waals surface area contributed by atoms with Crippen LogP contribution in [0.25, 0.3) is 11.1 Å². The van der Waals surface area contributed by atoms with Crippen LogP contribution in [-0.2, 0) is 16.2 Å². The van der Waals surface area contributed by atoms with Gasteiger partial charge in [-0.1, -0.05) is 108 Å². The third-order valence-corrected chi connectivity index (χ3v) is 8.49. The summed E-state index contributed by atoms with van der Waals surface area (Å²) >= 11 is 3.97. The van der Waals surface area contributed by atoms with Crippen LogP contribution in [0.2, 0.25) is 0 Å². The van der Waals surface area contributed by atoms with E-state index in [2.05, 4.69) is 142 Å². The molecular weight excluding hydrogens is 490 g/mol. The van der Waals surface area contributed by atoms with Gasteiger partial charge in [0.15, 0.2) is 0 Å². The summed E-state index contributed by atoms with van der Waals surface area (Å²) in [6.07, 6.45) is 0. The molecule has 4 aromatic carbocycles. The largest absolute Gasteiger partial charge is 0.354 e. The number of rotatable bonds is 0. The summed E-state index contributed by atoms with van der Waals surface area (Å²) in [5.41, 5.74) is 12.8. The normalized spacial score (nSPS) is 15.2. The van der Waals surface area contributed by atoms with E-state index in [1.807, 2.05) is 0 Å². The number of hydrogen-bond acceptors (Lipinski definition) is 1. The maximum Gasteiger partial charge on any atom is 0.0754 e. The summed E-state index contributed by atoms with van der Waals surface area (Å²) < 4.78 is 1.12. The smallest absolute Gasteiger partial charge is 0.0754 e. The maximum atomic E-state index is 3.97. The van der Waals surface area contributed by atoms with Gasteiger partial charge in [-0.3, -0.25) is 0 Å². The first-order valence-corrected chi connectivity index (χ1v) is 13.3. The molecule has 0 radical (unpaired) electrons. The summed E-state index contributed by atoms with van der Waals surface area (Å²) in [6.45, 7) is 13.8. The van der Waals surface area contributed by atoms with E-state index in [-0.39, 0.29) is 16.2 Å². The van der Waals surface area contributed by atoms with E-state index in [1.54, 1.807) is 0 Å². The molecule has 176 valence electrons. The van der Waals surface area contributed by atoms with Gasteiger partial charge in [0, 0.05) is 10.2 Å². The molecule has 4 aromatic rings. The molecule has 35 heavy (non-hydrogen) atoms. The van der Waals surface area contributed by atoms with Crippen LogP contribution < -0.4 is 5.32 Å². The molecule has 0 aromatic heterocycles. The zero-order valence-electron chi connectivity index (χ0n) is 21.4. The quantitative estimate of drug-likeness (QED) is 0.210. The van der Waals surface area contributed by atoms with Crippen molar-refractivity contribution in [2.75, 3.05) is 5.32 Å². The summed E-state index contributed by atoms with van der Waals surface area (Å²) in [5, 5.41) is 3.83. The Balaban J connectivity index is 1.83. The first-order chi connectivity index (χ1) is 16.5. The summed E-state index contributed by atoms with van der Waals surface area (Å²) in [6, 6.07) is 29.8. The molecule has 6 rings (SSSR count). The standard InChI is InChI=1S/C33H32BrN/c1-31(2,3)20-15-16-29-26(17-20)33(27-18-21(32(4,5)6)19-28(34)30(27)35-29)24-13-9-7-11-22(24)23-12-8-10-14-25(23)33/h7-19,35H,1-6H3. The highest BCUT2D eigenvalue weighted by Gasteiger charge is 2.51. The Morgan fingerprint density at radius 3 is 1.71 bits per heavy atom. The van der Waals surface area contributed by atoms with Crippen molar-refractivity contribution in [1.82, 2.24) is 0 Å². The molecule has 0 fully saturated rings. The average molecular weight is 523 g/mol. The Morgan fingerprint density at radius 2 is 1.14 bits per heavy atom. The lowest BCUT2D eigenvalue weighted by Crippen LogP contribution is -2.34. The second-order valence-electron chi connectivity index (χ2n) is 12.1. The summed E-state index contributed by atoms with van der Waals surface area (Å²) in [7, 11) is 0. The van der Waals surface area contributed by atoms with Crippen LogP contribution in [0.5, 0.6) is 0 Å². The number of anilines is 2. The Labute approximate surface area is 217 Å². The number of fused-ring (bicyclic) bond motifs is 9. The van der Waals surface area contributed by atoms with Crippen LogP contribution in [0.15, 0.2) is 83.3 Å². The minimum Gasteiger partial charge on any atom is -0.354 e. The molecule has 1 heterocycles. The zero-order chi connectivity index (χ0) is 24.8. The minimum atomic E-state index is -0.381. The van der Waals surface area contributed by atoms with Gasteiger partial charge in [0.1, 0.15) is 0 Å². The van der Waals surface area contributed by atoms with E-state index in [1.165, 1.54) is 55.9 Å². The topological polar surface area (TPSA) is 12.0 Å². The molecule has 1 aliphatic carbocycles. The lowest BCUT2D eigenvalue weighted by molar-refractivity contribution is 0.584. The molecule has 0 atom stereocenters. The van der Waals surface area contributed by atoms with Crippen molar-refractivity contribution >= 4 is 27.3 Å². The van der Waals surface area contributed by atoms with E-state index >= 15 is 0 Å². The first-order valence-electron chi connectivity index (χ1n) is 12.5. The van der Waals surface area contributed by atoms with Crippen LogP contribution in [0.1, 0.15) is 74.9 Å². The molecule has 0 saturated heterocycles. The summed E-state index contributed by atoms with van der Waals surface area (Å²) in [4.78, 5) is 0. The molecule has 1 aliphatic heterocycles. The highest BCUT2D eigenvalue weighted by atomic mass is 79.9. The van der Waals surface area contributed by atoms with Crippen LogP contribution in [0, 0.1) is 0 Å². The molecule has 0 unspecified atom stereocenters. The highest BCUT2D eigenvalue weighted by Crippen LogP contribution is 2.62. The first kappa shape index (κ1) is 22.6. The van der Waals surface area contributed by atoms with Crippen molar-refractivity contribution in [3.05, 3.63) is 117 Å². The fraction of sp³-hybridized carbons (Fsp3) is 0.273. The van der Waals surface area contributed by atoms with Crippen molar-refractivity contribution in [2.24, 2.45) is 0 Å². The number of hydrogen-bond donors (Lipinski definition) is 1. The molecular formula is C33H32BrN. The molecule has 1 spiro atoms. The van der Waals surface area contributed by atoms with Crippen molar-refractivity contribution in [3.63, 3.8) is 0 Å². The zero-order valence-corrected chi connectivity index (χ0v) is 23.0. The van der Waals surface area contributed by atoms with Gasteiger partial charge in [0.2, 0.25) is 0 Å². The van der Waals surface area contributed by atoms with Crippen LogP contribution >= 0.6 is 15.9 Å². The van der Waals surface area contributed by atoms with Gasteiger partial charge < -0.3 is 5.32 Å². The monoisotopic (exact) mass is 521 g/mol.